The largest absolute Gasteiger partial charge is 0.496 e. The minimum atomic E-state index is -1.05. The number of benzene rings is 1. The molecule has 2 atom stereocenters. The summed E-state index contributed by atoms with van der Waals surface area (Å²) in [4.78, 5) is 32.8. The summed E-state index contributed by atoms with van der Waals surface area (Å²) in [5.74, 6) is 0.199. The van der Waals surface area contributed by atoms with Crippen LogP contribution in [0.1, 0.15) is 69.2 Å². The van der Waals surface area contributed by atoms with Crippen LogP contribution in [-0.2, 0) is 32.6 Å². The van der Waals surface area contributed by atoms with Crippen LogP contribution in [0.25, 0.3) is 0 Å². The topological polar surface area (TPSA) is 113 Å². The number of ether oxygens (including phenoxy) is 2. The second-order valence-electron chi connectivity index (χ2n) is 11.4. The molecule has 1 aliphatic carbocycles. The SMILES string of the molecule is CCOCC(C)N(CCCCc1ccc2c(n1)NCCC2)CCC(NC(=O)C1(c2c(Cl)cccc2OC)CC1)C(=O)O. The van der Waals surface area contributed by atoms with E-state index in [-0.39, 0.29) is 18.4 Å². The van der Waals surface area contributed by atoms with Crippen molar-refractivity contribution in [3.8, 4) is 5.75 Å². The molecule has 1 amide bonds. The lowest BCUT2D eigenvalue weighted by atomic mass is 9.93. The molecule has 0 saturated heterocycles. The Hall–Kier alpha value is -2.88. The van der Waals surface area contributed by atoms with E-state index in [1.807, 2.05) is 6.92 Å². The second-order valence-corrected chi connectivity index (χ2v) is 11.8. The van der Waals surface area contributed by atoms with E-state index in [9.17, 15) is 14.7 Å². The molecule has 0 spiro atoms. The lowest BCUT2D eigenvalue weighted by Crippen LogP contribution is -2.48. The summed E-state index contributed by atoms with van der Waals surface area (Å²) in [6.45, 7) is 7.56. The molecule has 2 aromatic rings. The molecule has 1 aromatic heterocycles. The van der Waals surface area contributed by atoms with Gasteiger partial charge in [0.15, 0.2) is 0 Å². The summed E-state index contributed by atoms with van der Waals surface area (Å²) in [7, 11) is 1.54. The van der Waals surface area contributed by atoms with E-state index in [4.69, 9.17) is 26.1 Å². The Bertz CT molecular complexity index is 1220. The summed E-state index contributed by atoms with van der Waals surface area (Å²) < 4.78 is 11.2. The number of halogens is 1. The van der Waals surface area contributed by atoms with Gasteiger partial charge >= 0.3 is 5.97 Å². The molecule has 230 valence electrons. The van der Waals surface area contributed by atoms with Gasteiger partial charge in [-0.15, -0.1) is 0 Å². The molecule has 1 saturated carbocycles. The smallest absolute Gasteiger partial charge is 0.326 e. The summed E-state index contributed by atoms with van der Waals surface area (Å²) in [6.07, 6.45) is 6.51. The summed E-state index contributed by atoms with van der Waals surface area (Å²) in [5, 5.41) is 16.7. The lowest BCUT2D eigenvalue weighted by molar-refractivity contribution is -0.142. The zero-order valence-electron chi connectivity index (χ0n) is 25.1. The van der Waals surface area contributed by atoms with Crippen LogP contribution in [-0.4, -0.2) is 78.9 Å². The molecular weight excluding hydrogens is 556 g/mol. The van der Waals surface area contributed by atoms with Gasteiger partial charge in [0.2, 0.25) is 5.91 Å². The van der Waals surface area contributed by atoms with E-state index in [2.05, 4.69) is 34.6 Å². The van der Waals surface area contributed by atoms with E-state index in [1.54, 1.807) is 25.3 Å². The normalized spacial score (nSPS) is 16.7. The molecule has 4 rings (SSSR count). The molecule has 10 heteroatoms. The average Bonchev–Trinajstić information content (AvgIpc) is 3.80. The Labute approximate surface area is 254 Å². The van der Waals surface area contributed by atoms with Crippen molar-refractivity contribution in [3.05, 3.63) is 52.2 Å². The number of aliphatic carboxylic acids is 1. The number of rotatable bonds is 17. The highest BCUT2D eigenvalue weighted by Crippen LogP contribution is 2.54. The highest BCUT2D eigenvalue weighted by molar-refractivity contribution is 6.32. The van der Waals surface area contributed by atoms with Crippen LogP contribution < -0.4 is 15.4 Å². The van der Waals surface area contributed by atoms with Gasteiger partial charge in [-0.05, 0) is 95.5 Å². The maximum Gasteiger partial charge on any atom is 0.326 e. The maximum atomic E-state index is 13.5. The number of hydrogen-bond donors (Lipinski definition) is 3. The molecule has 2 aliphatic rings. The van der Waals surface area contributed by atoms with Crippen molar-refractivity contribution in [3.63, 3.8) is 0 Å². The van der Waals surface area contributed by atoms with Gasteiger partial charge in [0.1, 0.15) is 17.6 Å². The number of fused-ring (bicyclic) bond motifs is 1. The Morgan fingerprint density at radius 2 is 2.02 bits per heavy atom. The molecular formula is C32H45ClN4O5. The zero-order valence-corrected chi connectivity index (χ0v) is 25.8. The van der Waals surface area contributed by atoms with Gasteiger partial charge in [0, 0.05) is 42.0 Å². The Kier molecular flexibility index (Phi) is 11.5. The van der Waals surface area contributed by atoms with Gasteiger partial charge in [0.25, 0.3) is 0 Å². The van der Waals surface area contributed by atoms with Gasteiger partial charge in [-0.3, -0.25) is 9.69 Å². The molecule has 1 aromatic carbocycles. The molecule has 42 heavy (non-hydrogen) atoms. The van der Waals surface area contributed by atoms with Crippen molar-refractivity contribution in [1.82, 2.24) is 15.2 Å². The number of amides is 1. The number of nitrogens with one attached hydrogen (secondary N) is 2. The molecule has 9 nitrogen and oxygen atoms in total. The van der Waals surface area contributed by atoms with Gasteiger partial charge < -0.3 is 25.2 Å². The number of carboxylic acid groups (broad SMARTS) is 1. The van der Waals surface area contributed by atoms with Crippen molar-refractivity contribution in [2.45, 2.75) is 82.7 Å². The second kappa shape index (κ2) is 15.0. The Balaban J connectivity index is 1.35. The molecule has 2 unspecified atom stereocenters. The van der Waals surface area contributed by atoms with Crippen molar-refractivity contribution >= 4 is 29.3 Å². The van der Waals surface area contributed by atoms with Crippen LogP contribution in [0.5, 0.6) is 5.75 Å². The maximum absolute atomic E-state index is 13.5. The highest BCUT2D eigenvalue weighted by Gasteiger charge is 2.54. The minimum Gasteiger partial charge on any atom is -0.496 e. The quantitative estimate of drug-likeness (QED) is 0.221. The summed E-state index contributed by atoms with van der Waals surface area (Å²) >= 11 is 6.48. The lowest BCUT2D eigenvalue weighted by Gasteiger charge is -2.30. The average molecular weight is 601 g/mol. The van der Waals surface area contributed by atoms with Gasteiger partial charge in [-0.1, -0.05) is 23.7 Å². The summed E-state index contributed by atoms with van der Waals surface area (Å²) in [6, 6.07) is 8.70. The predicted octanol–water partition coefficient (Wildman–Crippen LogP) is 4.84. The number of aryl methyl sites for hydroxylation is 2. The first kappa shape index (κ1) is 32.0. The van der Waals surface area contributed by atoms with Crippen LogP contribution in [0.3, 0.4) is 0 Å². The van der Waals surface area contributed by atoms with Crippen molar-refractivity contribution in [1.29, 1.82) is 0 Å². The van der Waals surface area contributed by atoms with Crippen molar-refractivity contribution in [2.24, 2.45) is 0 Å². The van der Waals surface area contributed by atoms with Crippen LogP contribution in [0.4, 0.5) is 5.82 Å². The fourth-order valence-corrected chi connectivity index (χ4v) is 6.13. The van der Waals surface area contributed by atoms with E-state index in [0.29, 0.717) is 48.9 Å². The van der Waals surface area contributed by atoms with Gasteiger partial charge in [-0.2, -0.15) is 0 Å². The fourth-order valence-electron chi connectivity index (χ4n) is 5.78. The highest BCUT2D eigenvalue weighted by atomic mass is 35.5. The first-order valence-corrected chi connectivity index (χ1v) is 15.6. The molecule has 3 N–H and O–H groups in total. The Morgan fingerprint density at radius 3 is 2.74 bits per heavy atom. The molecule has 0 radical (unpaired) electrons. The molecule has 0 bridgehead atoms. The monoisotopic (exact) mass is 600 g/mol. The number of anilines is 1. The molecule has 1 aliphatic heterocycles. The molecule has 1 fully saturated rings. The Morgan fingerprint density at radius 1 is 1.21 bits per heavy atom. The number of pyridine rings is 1. The third-order valence-electron chi connectivity index (χ3n) is 8.43. The minimum absolute atomic E-state index is 0.114. The number of methoxy groups -OCH3 is 1. The number of carboxylic acids is 1. The first-order chi connectivity index (χ1) is 20.3. The van der Waals surface area contributed by atoms with E-state index >= 15 is 0 Å². The van der Waals surface area contributed by atoms with E-state index in [1.165, 1.54) is 5.56 Å². The van der Waals surface area contributed by atoms with Crippen molar-refractivity contribution < 1.29 is 24.2 Å². The van der Waals surface area contributed by atoms with Crippen molar-refractivity contribution in [2.75, 3.05) is 45.3 Å². The number of carbonyl (C=O) groups is 2. The summed E-state index contributed by atoms with van der Waals surface area (Å²) in [5.41, 5.74) is 2.15. The number of hydrogen-bond acceptors (Lipinski definition) is 7. The number of carbonyl (C=O) groups excluding carboxylic acids is 1. The van der Waals surface area contributed by atoms with E-state index < -0.39 is 17.4 Å². The zero-order chi connectivity index (χ0) is 30.1. The number of nitrogens with zero attached hydrogens (tertiary/aromatic N) is 2. The first-order valence-electron chi connectivity index (χ1n) is 15.2. The number of aromatic nitrogens is 1. The van der Waals surface area contributed by atoms with Crippen LogP contribution in [0, 0.1) is 0 Å². The third kappa shape index (κ3) is 7.94. The van der Waals surface area contributed by atoms with Crippen LogP contribution in [0.15, 0.2) is 30.3 Å². The van der Waals surface area contributed by atoms with Crippen LogP contribution >= 0.6 is 11.6 Å². The molecule has 2 heterocycles. The van der Waals surface area contributed by atoms with E-state index in [0.717, 1.165) is 56.7 Å². The van der Waals surface area contributed by atoms with Crippen LogP contribution in [0.2, 0.25) is 5.02 Å². The van der Waals surface area contributed by atoms with Gasteiger partial charge in [-0.25, -0.2) is 9.78 Å². The number of unbranched alkanes of at least 4 members (excludes halogenated alkanes) is 1. The predicted molar refractivity (Wildman–Crippen MR) is 165 cm³/mol. The van der Waals surface area contributed by atoms with Gasteiger partial charge in [0.05, 0.1) is 19.1 Å². The third-order valence-corrected chi connectivity index (χ3v) is 8.75. The fraction of sp³-hybridized carbons (Fsp3) is 0.594. The standard InChI is InChI=1S/C32H45ClN4O5/c1-4-42-21-22(2)37(19-6-5-10-24-14-13-23-9-8-18-34-29(23)35-24)20-15-26(30(38)39)36-31(40)32(16-17-32)28-25(33)11-7-12-27(28)41-3/h7,11-14,22,26H,4-6,8-10,15-21H2,1-3H3,(H,34,35)(H,36,40)(H,38,39).